The summed E-state index contributed by atoms with van der Waals surface area (Å²) in [5.74, 6) is -0.611. The van der Waals surface area contributed by atoms with E-state index in [4.69, 9.17) is 5.11 Å². The number of aliphatic carboxylic acids is 1. The Labute approximate surface area is 120 Å². The van der Waals surface area contributed by atoms with Gasteiger partial charge in [-0.25, -0.2) is 9.59 Å². The maximum atomic E-state index is 11.7. The Morgan fingerprint density at radius 2 is 1.95 bits per heavy atom. The van der Waals surface area contributed by atoms with Crippen molar-refractivity contribution in [3.63, 3.8) is 0 Å². The molecule has 3 N–H and O–H groups in total. The first kappa shape index (κ1) is 16.8. The van der Waals surface area contributed by atoms with Gasteiger partial charge >= 0.3 is 12.0 Å². The zero-order valence-corrected chi connectivity index (χ0v) is 12.5. The maximum Gasteiger partial charge on any atom is 0.326 e. The van der Waals surface area contributed by atoms with Gasteiger partial charge in [0.2, 0.25) is 0 Å². The van der Waals surface area contributed by atoms with Crippen LogP contribution in [0.4, 0.5) is 4.79 Å². The van der Waals surface area contributed by atoms with Crippen LogP contribution in [-0.2, 0) is 4.79 Å². The van der Waals surface area contributed by atoms with Gasteiger partial charge in [0.25, 0.3) is 0 Å². The van der Waals surface area contributed by atoms with Crippen molar-refractivity contribution in [2.75, 3.05) is 26.2 Å². The molecule has 6 heteroatoms. The van der Waals surface area contributed by atoms with E-state index in [0.717, 1.165) is 26.1 Å². The number of hydrogen-bond donors (Lipinski definition) is 3. The van der Waals surface area contributed by atoms with Crippen LogP contribution >= 0.6 is 0 Å². The minimum atomic E-state index is -0.980. The fourth-order valence-corrected chi connectivity index (χ4v) is 2.49. The van der Waals surface area contributed by atoms with Gasteiger partial charge in [0.15, 0.2) is 0 Å². The van der Waals surface area contributed by atoms with Crippen LogP contribution in [0.3, 0.4) is 0 Å². The minimum Gasteiger partial charge on any atom is -0.480 e. The second-order valence-electron chi connectivity index (χ2n) is 5.65. The molecule has 0 radical (unpaired) electrons. The van der Waals surface area contributed by atoms with Gasteiger partial charge in [-0.1, -0.05) is 20.3 Å². The summed E-state index contributed by atoms with van der Waals surface area (Å²) in [4.78, 5) is 25.0. The van der Waals surface area contributed by atoms with Crippen molar-refractivity contribution in [3.8, 4) is 0 Å². The van der Waals surface area contributed by atoms with E-state index < -0.39 is 12.0 Å². The first-order valence-corrected chi connectivity index (χ1v) is 7.52. The number of nitrogens with one attached hydrogen (secondary N) is 2. The summed E-state index contributed by atoms with van der Waals surface area (Å²) in [6, 6.07) is -1.19. The Morgan fingerprint density at radius 1 is 1.30 bits per heavy atom. The number of carbonyl (C=O) groups excluding carboxylic acids is 1. The van der Waals surface area contributed by atoms with Crippen LogP contribution in [0.2, 0.25) is 0 Å². The molecule has 0 spiro atoms. The van der Waals surface area contributed by atoms with Crippen LogP contribution < -0.4 is 10.6 Å². The molecular weight excluding hydrogens is 258 g/mol. The smallest absolute Gasteiger partial charge is 0.326 e. The Kier molecular flexibility index (Phi) is 7.36. The number of hydrogen-bond acceptors (Lipinski definition) is 3. The van der Waals surface area contributed by atoms with Gasteiger partial charge in [-0.2, -0.15) is 0 Å². The zero-order valence-electron chi connectivity index (χ0n) is 12.5. The number of rotatable bonds is 8. The van der Waals surface area contributed by atoms with Gasteiger partial charge in [-0.05, 0) is 38.3 Å². The SMILES string of the molecule is CCC[C@H](NC(=O)NCC(C)CN1CCCC1)C(=O)O. The molecule has 1 aliphatic rings. The second kappa shape index (κ2) is 8.79. The highest BCUT2D eigenvalue weighted by atomic mass is 16.4. The number of carboxylic acid groups (broad SMARTS) is 1. The molecule has 1 heterocycles. The third kappa shape index (κ3) is 6.23. The van der Waals surface area contributed by atoms with Crippen molar-refractivity contribution in [1.29, 1.82) is 0 Å². The van der Waals surface area contributed by atoms with E-state index in [9.17, 15) is 9.59 Å². The summed E-state index contributed by atoms with van der Waals surface area (Å²) in [6.45, 7) is 7.84. The van der Waals surface area contributed by atoms with Crippen LogP contribution in [0.25, 0.3) is 0 Å². The van der Waals surface area contributed by atoms with E-state index in [1.54, 1.807) is 0 Å². The number of amides is 2. The van der Waals surface area contributed by atoms with Crippen molar-refractivity contribution in [3.05, 3.63) is 0 Å². The highest BCUT2D eigenvalue weighted by Crippen LogP contribution is 2.09. The zero-order chi connectivity index (χ0) is 15.0. The topological polar surface area (TPSA) is 81.7 Å². The molecule has 2 amide bonds. The molecule has 2 atom stereocenters. The first-order chi connectivity index (χ1) is 9.52. The van der Waals surface area contributed by atoms with E-state index in [-0.39, 0.29) is 6.03 Å². The van der Waals surface area contributed by atoms with Crippen LogP contribution in [-0.4, -0.2) is 54.2 Å². The second-order valence-corrected chi connectivity index (χ2v) is 5.65. The molecule has 1 fully saturated rings. The van der Waals surface area contributed by atoms with Gasteiger partial charge in [0, 0.05) is 13.1 Å². The molecule has 1 unspecified atom stereocenters. The average molecular weight is 285 g/mol. The fraction of sp³-hybridized carbons (Fsp3) is 0.857. The Balaban J connectivity index is 2.22. The molecule has 116 valence electrons. The lowest BCUT2D eigenvalue weighted by Crippen LogP contribution is -2.47. The molecule has 20 heavy (non-hydrogen) atoms. The molecule has 0 aliphatic carbocycles. The van der Waals surface area contributed by atoms with Gasteiger partial charge in [-0.15, -0.1) is 0 Å². The number of urea groups is 1. The molecule has 0 bridgehead atoms. The van der Waals surface area contributed by atoms with E-state index in [2.05, 4.69) is 22.5 Å². The summed E-state index contributed by atoms with van der Waals surface area (Å²) in [5, 5.41) is 14.2. The van der Waals surface area contributed by atoms with Crippen molar-refractivity contribution in [1.82, 2.24) is 15.5 Å². The van der Waals surface area contributed by atoms with Crippen LogP contribution in [0, 0.1) is 5.92 Å². The predicted octanol–water partition coefficient (Wildman–Crippen LogP) is 1.27. The molecule has 0 aromatic carbocycles. The summed E-state index contributed by atoms with van der Waals surface area (Å²) >= 11 is 0. The highest BCUT2D eigenvalue weighted by molar-refractivity contribution is 5.82. The Morgan fingerprint density at radius 3 is 2.50 bits per heavy atom. The lowest BCUT2D eigenvalue weighted by Gasteiger charge is -2.21. The molecule has 6 nitrogen and oxygen atoms in total. The molecule has 1 aliphatic heterocycles. The van der Waals surface area contributed by atoms with E-state index >= 15 is 0 Å². The number of carbonyl (C=O) groups is 2. The molecule has 0 aromatic heterocycles. The summed E-state index contributed by atoms with van der Waals surface area (Å²) < 4.78 is 0. The van der Waals surface area contributed by atoms with Gasteiger partial charge in [0.1, 0.15) is 6.04 Å². The number of carboxylic acids is 1. The lowest BCUT2D eigenvalue weighted by molar-refractivity contribution is -0.139. The Hall–Kier alpha value is -1.30. The van der Waals surface area contributed by atoms with Crippen molar-refractivity contribution in [2.45, 2.75) is 45.6 Å². The molecule has 0 saturated carbocycles. The molecule has 1 saturated heterocycles. The first-order valence-electron chi connectivity index (χ1n) is 7.52. The van der Waals surface area contributed by atoms with Crippen molar-refractivity contribution in [2.24, 2.45) is 5.92 Å². The largest absolute Gasteiger partial charge is 0.480 e. The fourth-order valence-electron chi connectivity index (χ4n) is 2.49. The van der Waals surface area contributed by atoms with Crippen LogP contribution in [0.5, 0.6) is 0 Å². The molecule has 1 rings (SSSR count). The monoisotopic (exact) mass is 285 g/mol. The van der Waals surface area contributed by atoms with Crippen molar-refractivity contribution < 1.29 is 14.7 Å². The predicted molar refractivity (Wildman–Crippen MR) is 77.7 cm³/mol. The Bertz CT molecular complexity index is 317. The minimum absolute atomic E-state index is 0.369. The summed E-state index contributed by atoms with van der Waals surface area (Å²) in [5.41, 5.74) is 0. The normalized spacial score (nSPS) is 18.5. The van der Waals surface area contributed by atoms with Gasteiger partial charge in [0.05, 0.1) is 0 Å². The molecular formula is C14H27N3O3. The van der Waals surface area contributed by atoms with Gasteiger partial charge < -0.3 is 20.6 Å². The third-order valence-corrected chi connectivity index (χ3v) is 3.56. The van der Waals surface area contributed by atoms with Crippen LogP contribution in [0.15, 0.2) is 0 Å². The highest BCUT2D eigenvalue weighted by Gasteiger charge is 2.19. The standard InChI is InChI=1S/C14H27N3O3/c1-3-6-12(13(18)19)16-14(20)15-9-11(2)10-17-7-4-5-8-17/h11-12H,3-10H2,1-2H3,(H,18,19)(H2,15,16,20)/t11?,12-/m0/s1. The van der Waals surface area contributed by atoms with E-state index in [1.165, 1.54) is 12.8 Å². The maximum absolute atomic E-state index is 11.7. The van der Waals surface area contributed by atoms with E-state index in [0.29, 0.717) is 18.9 Å². The number of likely N-dealkylation sites (tertiary alicyclic amines) is 1. The quantitative estimate of drug-likeness (QED) is 0.627. The van der Waals surface area contributed by atoms with E-state index in [1.807, 2.05) is 6.92 Å². The molecule has 0 aromatic rings. The lowest BCUT2D eigenvalue weighted by atomic mass is 10.1. The summed E-state index contributed by atoms with van der Waals surface area (Å²) in [6.07, 6.45) is 3.70. The van der Waals surface area contributed by atoms with Crippen LogP contribution in [0.1, 0.15) is 39.5 Å². The third-order valence-electron chi connectivity index (χ3n) is 3.56. The average Bonchev–Trinajstić information content (AvgIpc) is 2.88. The number of nitrogens with zero attached hydrogens (tertiary/aromatic N) is 1. The van der Waals surface area contributed by atoms with Gasteiger partial charge in [-0.3, -0.25) is 0 Å². The summed E-state index contributed by atoms with van der Waals surface area (Å²) in [7, 11) is 0. The van der Waals surface area contributed by atoms with Crippen molar-refractivity contribution >= 4 is 12.0 Å².